The van der Waals surface area contributed by atoms with E-state index in [9.17, 15) is 4.79 Å². The van der Waals surface area contributed by atoms with Gasteiger partial charge < -0.3 is 14.2 Å². The van der Waals surface area contributed by atoms with Crippen molar-refractivity contribution in [2.75, 3.05) is 20.3 Å². The average molecular weight is 496 g/mol. The molecular weight excluding hydrogens is 463 g/mol. The van der Waals surface area contributed by atoms with Gasteiger partial charge in [-0.1, -0.05) is 51.5 Å². The molecule has 0 fully saturated rings. The summed E-state index contributed by atoms with van der Waals surface area (Å²) in [5.41, 5.74) is 0.857. The smallest absolute Gasteiger partial charge is 0.341 e. The third-order valence-corrected chi connectivity index (χ3v) is 7.07. The lowest BCUT2D eigenvalue weighted by atomic mass is 10.1. The van der Waals surface area contributed by atoms with Crippen LogP contribution in [0.1, 0.15) is 63.9 Å². The first kappa shape index (κ1) is 27.2. The Morgan fingerprint density at radius 2 is 1.57 bits per heavy atom. The summed E-state index contributed by atoms with van der Waals surface area (Å²) < 4.78 is 16.5. The van der Waals surface area contributed by atoms with Crippen LogP contribution in [-0.2, 0) is 9.53 Å². The molecule has 0 aromatic heterocycles. The predicted molar refractivity (Wildman–Crippen MR) is 129 cm³/mol. The summed E-state index contributed by atoms with van der Waals surface area (Å²) in [6.07, 6.45) is 11.6. The zero-order valence-electron chi connectivity index (χ0n) is 17.9. The minimum absolute atomic E-state index is 0.392. The third kappa shape index (κ3) is 13.4. The largest absolute Gasteiger partial charge is 0.490 e. The number of unbranched alkanes of at least 4 members (excludes halogenated alkanes) is 6. The van der Waals surface area contributed by atoms with Gasteiger partial charge in [-0.05, 0) is 42.7 Å². The van der Waals surface area contributed by atoms with Gasteiger partial charge in [0.15, 0.2) is 11.5 Å². The summed E-state index contributed by atoms with van der Waals surface area (Å²) >= 11 is 17.7. The molecular formula is C22H33Cl3O4Si. The lowest BCUT2D eigenvalue weighted by molar-refractivity contribution is -0.134. The number of rotatable bonds is 16. The van der Waals surface area contributed by atoms with Crippen LogP contribution in [0.3, 0.4) is 0 Å². The monoisotopic (exact) mass is 494 g/mol. The summed E-state index contributed by atoms with van der Waals surface area (Å²) in [7, 11) is 1.36. The van der Waals surface area contributed by atoms with Crippen LogP contribution < -0.4 is 9.47 Å². The fourth-order valence-corrected chi connectivity index (χ4v) is 4.59. The van der Waals surface area contributed by atoms with Gasteiger partial charge in [-0.15, -0.1) is 33.2 Å². The highest BCUT2D eigenvalue weighted by Crippen LogP contribution is 2.30. The van der Waals surface area contributed by atoms with Crippen molar-refractivity contribution in [2.45, 2.75) is 64.3 Å². The van der Waals surface area contributed by atoms with Crippen LogP contribution in [0.25, 0.3) is 6.08 Å². The molecule has 0 saturated carbocycles. The van der Waals surface area contributed by atoms with Crippen molar-refractivity contribution in [2.24, 2.45) is 0 Å². The van der Waals surface area contributed by atoms with Crippen molar-refractivity contribution < 1.29 is 19.0 Å². The lowest BCUT2D eigenvalue weighted by Crippen LogP contribution is -2.07. The minimum atomic E-state index is -2.46. The Kier molecular flexibility index (Phi) is 14.3. The van der Waals surface area contributed by atoms with Gasteiger partial charge in [-0.2, -0.15) is 0 Å². The van der Waals surface area contributed by atoms with Crippen molar-refractivity contribution in [1.82, 2.24) is 0 Å². The van der Waals surface area contributed by atoms with Gasteiger partial charge in [0.05, 0.1) is 20.3 Å². The van der Waals surface area contributed by atoms with E-state index in [-0.39, 0.29) is 0 Å². The van der Waals surface area contributed by atoms with E-state index in [0.29, 0.717) is 19.0 Å². The molecule has 170 valence electrons. The van der Waals surface area contributed by atoms with Gasteiger partial charge in [-0.3, -0.25) is 0 Å². The van der Waals surface area contributed by atoms with Crippen LogP contribution >= 0.6 is 33.2 Å². The minimum Gasteiger partial charge on any atom is -0.490 e. The molecule has 0 aliphatic rings. The molecule has 8 heteroatoms. The van der Waals surface area contributed by atoms with Crippen LogP contribution in [0.5, 0.6) is 11.5 Å². The van der Waals surface area contributed by atoms with E-state index in [4.69, 9.17) is 42.7 Å². The Bertz CT molecular complexity index is 648. The summed E-state index contributed by atoms with van der Waals surface area (Å²) in [5.74, 6) is 1.04. The number of halogens is 3. The molecule has 0 bridgehead atoms. The number of carbonyl (C=O) groups excluding carboxylic acids is 1. The van der Waals surface area contributed by atoms with Gasteiger partial charge in [0.2, 0.25) is 0 Å². The first-order valence-corrected chi connectivity index (χ1v) is 15.8. The highest BCUT2D eigenvalue weighted by atomic mass is 35.8. The zero-order valence-corrected chi connectivity index (χ0v) is 21.2. The second-order valence-corrected chi connectivity index (χ2v) is 16.4. The maximum absolute atomic E-state index is 11.3. The second-order valence-electron chi connectivity index (χ2n) is 7.10. The number of esters is 1. The van der Waals surface area contributed by atoms with Crippen molar-refractivity contribution in [3.05, 3.63) is 29.8 Å². The zero-order chi connectivity index (χ0) is 22.2. The maximum Gasteiger partial charge on any atom is 0.341 e. The van der Waals surface area contributed by atoms with E-state index in [1.165, 1.54) is 13.2 Å². The van der Waals surface area contributed by atoms with E-state index in [0.717, 1.165) is 68.7 Å². The van der Waals surface area contributed by atoms with E-state index in [1.807, 2.05) is 18.2 Å². The molecule has 0 radical (unpaired) electrons. The normalized spacial score (nSPS) is 11.6. The first-order valence-electron chi connectivity index (χ1n) is 10.6. The Balaban J connectivity index is 2.46. The third-order valence-electron chi connectivity index (χ3n) is 4.45. The molecule has 0 atom stereocenters. The number of methoxy groups -OCH3 is 1. The number of carbonyl (C=O) groups is 1. The number of benzene rings is 1. The van der Waals surface area contributed by atoms with E-state index in [2.05, 4.69) is 11.7 Å². The predicted octanol–water partition coefficient (Wildman–Crippen LogP) is 7.43. The van der Waals surface area contributed by atoms with Gasteiger partial charge in [0.1, 0.15) is 0 Å². The molecule has 1 aromatic rings. The average Bonchev–Trinajstić information content (AvgIpc) is 2.71. The number of ether oxygens (including phenoxy) is 3. The molecule has 30 heavy (non-hydrogen) atoms. The maximum atomic E-state index is 11.3. The summed E-state index contributed by atoms with van der Waals surface area (Å²) in [6, 6.07) is 3.95. The molecule has 0 spiro atoms. The molecule has 0 aliphatic heterocycles. The Morgan fingerprint density at radius 1 is 0.933 bits per heavy atom. The van der Waals surface area contributed by atoms with E-state index >= 15 is 0 Å². The van der Waals surface area contributed by atoms with Gasteiger partial charge in [-0.25, -0.2) is 4.79 Å². The van der Waals surface area contributed by atoms with E-state index in [1.54, 1.807) is 6.08 Å². The fraction of sp³-hybridized carbons (Fsp3) is 0.591. The molecule has 0 heterocycles. The highest BCUT2D eigenvalue weighted by molar-refractivity contribution is 7.64. The number of hydrogen-bond donors (Lipinski definition) is 0. The lowest BCUT2D eigenvalue weighted by Gasteiger charge is -2.13. The quantitative estimate of drug-likeness (QED) is 0.0786. The van der Waals surface area contributed by atoms with Crippen LogP contribution in [0.4, 0.5) is 0 Å². The van der Waals surface area contributed by atoms with Crippen LogP contribution in [0.15, 0.2) is 24.3 Å². The number of hydrogen-bond acceptors (Lipinski definition) is 4. The molecule has 4 nitrogen and oxygen atoms in total. The Labute approximate surface area is 195 Å². The Hall–Kier alpha value is -0.883. The van der Waals surface area contributed by atoms with Crippen LogP contribution in [0, 0.1) is 0 Å². The summed E-state index contributed by atoms with van der Waals surface area (Å²) in [4.78, 5) is 11.3. The van der Waals surface area contributed by atoms with Crippen molar-refractivity contribution in [3.8, 4) is 11.5 Å². The van der Waals surface area contributed by atoms with Crippen LogP contribution in [0.2, 0.25) is 6.04 Å². The van der Waals surface area contributed by atoms with Crippen molar-refractivity contribution >= 4 is 51.3 Å². The molecule has 0 N–H and O–H groups in total. The summed E-state index contributed by atoms with van der Waals surface area (Å²) in [5, 5.41) is 0. The summed E-state index contributed by atoms with van der Waals surface area (Å²) in [6.45, 7) is 3.40. The standard InChI is InChI=1S/C22H33Cl3O4Si/c1-3-4-15-28-20-13-11-19(12-14-22(26)27-2)18-21(20)29-16-9-7-5-6-8-10-17-30(23,24)25/h11-14,18H,3-10,15-17H2,1-2H3. The molecule has 0 unspecified atom stereocenters. The van der Waals surface area contributed by atoms with Gasteiger partial charge >= 0.3 is 12.0 Å². The molecule has 1 aromatic carbocycles. The topological polar surface area (TPSA) is 44.8 Å². The SMILES string of the molecule is CCCCOc1ccc(C=CC(=O)OC)cc1OCCCCCCCC[Si](Cl)(Cl)Cl. The molecule has 0 amide bonds. The second kappa shape index (κ2) is 15.8. The van der Waals surface area contributed by atoms with E-state index < -0.39 is 12.0 Å². The first-order chi connectivity index (χ1) is 14.4. The highest BCUT2D eigenvalue weighted by Gasteiger charge is 2.23. The van der Waals surface area contributed by atoms with Crippen molar-refractivity contribution in [3.63, 3.8) is 0 Å². The van der Waals surface area contributed by atoms with Gasteiger partial charge in [0, 0.05) is 6.08 Å². The van der Waals surface area contributed by atoms with Crippen LogP contribution in [-0.4, -0.2) is 32.3 Å². The molecule has 0 aliphatic carbocycles. The van der Waals surface area contributed by atoms with Crippen molar-refractivity contribution in [1.29, 1.82) is 0 Å². The fourth-order valence-electron chi connectivity index (χ4n) is 2.74. The Morgan fingerprint density at radius 3 is 2.23 bits per heavy atom. The molecule has 1 rings (SSSR count). The van der Waals surface area contributed by atoms with Gasteiger partial charge in [0.25, 0.3) is 0 Å². The molecule has 0 saturated heterocycles.